The third-order valence-electron chi connectivity index (χ3n) is 9.75. The van der Waals surface area contributed by atoms with Gasteiger partial charge in [0.25, 0.3) is 0 Å². The Bertz CT molecular complexity index is 1950. The molecule has 14 heteroatoms. The van der Waals surface area contributed by atoms with Crippen LogP contribution in [0, 0.1) is 5.92 Å². The summed E-state index contributed by atoms with van der Waals surface area (Å²) < 4.78 is 10.1. The second kappa shape index (κ2) is 16.1. The van der Waals surface area contributed by atoms with Crippen molar-refractivity contribution in [3.8, 4) is 33.6 Å². The second-order valence-corrected chi connectivity index (χ2v) is 15.2. The Morgan fingerprint density at radius 1 is 0.852 bits per heavy atom. The molecule has 2 aromatic carbocycles. The molecule has 6 rings (SSSR count). The van der Waals surface area contributed by atoms with Crippen LogP contribution in [0.5, 0.6) is 0 Å². The van der Waals surface area contributed by atoms with Gasteiger partial charge < -0.3 is 39.9 Å². The van der Waals surface area contributed by atoms with Crippen LogP contribution in [0.2, 0.25) is 0 Å². The zero-order chi connectivity index (χ0) is 38.6. The van der Waals surface area contributed by atoms with Crippen molar-refractivity contribution in [2.24, 2.45) is 5.92 Å². The number of imidazole rings is 2. The Morgan fingerprint density at radius 3 is 2.06 bits per heavy atom. The molecular formula is C40H50N8O6. The fourth-order valence-electron chi connectivity index (χ4n) is 6.98. The highest BCUT2D eigenvalue weighted by molar-refractivity contribution is 5.87. The van der Waals surface area contributed by atoms with E-state index in [0.29, 0.717) is 31.9 Å². The van der Waals surface area contributed by atoms with E-state index in [0.717, 1.165) is 58.7 Å². The van der Waals surface area contributed by atoms with Crippen LogP contribution in [-0.2, 0) is 25.6 Å². The Hall–Kier alpha value is -5.66. The van der Waals surface area contributed by atoms with E-state index in [-0.39, 0.29) is 23.8 Å². The van der Waals surface area contributed by atoms with Crippen LogP contribution in [0.1, 0.15) is 78.0 Å². The molecule has 286 valence electrons. The summed E-state index contributed by atoms with van der Waals surface area (Å²) in [6, 6.07) is 14.9. The maximum absolute atomic E-state index is 13.5. The molecule has 14 nitrogen and oxygen atoms in total. The molecule has 0 spiro atoms. The molecule has 4 aromatic rings. The number of aromatic amines is 2. The van der Waals surface area contributed by atoms with Gasteiger partial charge in [-0.2, -0.15) is 0 Å². The molecule has 4 amide bonds. The average Bonchev–Trinajstić information content (AvgIpc) is 3.93. The van der Waals surface area contributed by atoms with E-state index >= 15 is 0 Å². The number of carbonyl (C=O) groups excluding carboxylic acids is 4. The van der Waals surface area contributed by atoms with Crippen molar-refractivity contribution in [2.75, 3.05) is 20.2 Å². The number of piperidine rings is 1. The SMILES string of the molecule is COC(=O)NC(C(=O)N1CCCC1c1ncc(-c2ccc(-c3ccc(-c4cnc(CN5CCCC(NC(=O)OC(C)(C)C)C5=O)[nH]4)cc3)cc2)[nH]1)C(C)C. The molecule has 3 atom stereocenters. The first-order valence-electron chi connectivity index (χ1n) is 18.5. The molecule has 2 fully saturated rings. The zero-order valence-corrected chi connectivity index (χ0v) is 31.8. The second-order valence-electron chi connectivity index (χ2n) is 15.2. The average molecular weight is 739 g/mol. The number of hydrogen-bond donors (Lipinski definition) is 4. The molecule has 2 aliphatic rings. The van der Waals surface area contributed by atoms with Crippen molar-refractivity contribution in [2.45, 2.75) is 90.6 Å². The van der Waals surface area contributed by atoms with Crippen LogP contribution in [0.4, 0.5) is 9.59 Å². The van der Waals surface area contributed by atoms with Gasteiger partial charge >= 0.3 is 12.2 Å². The van der Waals surface area contributed by atoms with Gasteiger partial charge in [0.05, 0.1) is 43.5 Å². The molecule has 0 aliphatic carbocycles. The fraction of sp³-hybridized carbons (Fsp3) is 0.450. The topological polar surface area (TPSA) is 175 Å². The number of nitrogens with zero attached hydrogens (tertiary/aromatic N) is 4. The van der Waals surface area contributed by atoms with Crippen LogP contribution in [-0.4, -0.2) is 91.6 Å². The van der Waals surface area contributed by atoms with Crippen molar-refractivity contribution in [1.82, 2.24) is 40.4 Å². The molecule has 0 bridgehead atoms. The number of nitrogens with one attached hydrogen (secondary N) is 4. The lowest BCUT2D eigenvalue weighted by Gasteiger charge is -2.32. The number of amides is 4. The summed E-state index contributed by atoms with van der Waals surface area (Å²) in [7, 11) is 1.29. The number of H-pyrrole nitrogens is 2. The molecule has 0 radical (unpaired) electrons. The lowest BCUT2D eigenvalue weighted by molar-refractivity contribution is -0.137. The predicted octanol–water partition coefficient (Wildman–Crippen LogP) is 6.19. The molecule has 0 saturated carbocycles. The Morgan fingerprint density at radius 2 is 1.44 bits per heavy atom. The van der Waals surface area contributed by atoms with Crippen molar-refractivity contribution < 1.29 is 28.7 Å². The lowest BCUT2D eigenvalue weighted by atomic mass is 10.0. The van der Waals surface area contributed by atoms with Gasteiger partial charge in [-0.15, -0.1) is 0 Å². The third kappa shape index (κ3) is 8.92. The molecule has 2 saturated heterocycles. The molecule has 4 N–H and O–H groups in total. The van der Waals surface area contributed by atoms with Gasteiger partial charge in [0.2, 0.25) is 11.8 Å². The number of methoxy groups -OCH3 is 1. The van der Waals surface area contributed by atoms with Crippen LogP contribution in [0.15, 0.2) is 60.9 Å². The minimum absolute atomic E-state index is 0.104. The van der Waals surface area contributed by atoms with E-state index in [9.17, 15) is 19.2 Å². The van der Waals surface area contributed by atoms with Crippen molar-refractivity contribution in [3.63, 3.8) is 0 Å². The van der Waals surface area contributed by atoms with E-state index in [1.54, 1.807) is 43.0 Å². The van der Waals surface area contributed by atoms with E-state index in [4.69, 9.17) is 9.47 Å². The Balaban J connectivity index is 1.06. The number of hydrogen-bond acceptors (Lipinski definition) is 8. The van der Waals surface area contributed by atoms with E-state index in [1.165, 1.54) is 7.11 Å². The number of ether oxygens (including phenoxy) is 2. The standard InChI is InChI=1S/C40H50N8O6/c1-24(2)34(46-38(51)53-6)37(50)48-20-8-10-32(48)35-42-22-31(44-35)28-17-13-26(14-18-28)25-11-15-27(16-12-25)30-21-41-33(43-30)23-47-19-7-9-29(36(47)49)45-39(52)54-40(3,4)5/h11-18,21-22,24,29,32,34H,7-10,19-20,23H2,1-6H3,(H,41,43)(H,42,44)(H,45,52)(H,46,51). The van der Waals surface area contributed by atoms with Gasteiger partial charge in [-0.1, -0.05) is 62.4 Å². The quantitative estimate of drug-likeness (QED) is 0.149. The first kappa shape index (κ1) is 38.1. The van der Waals surface area contributed by atoms with E-state index < -0.39 is 29.9 Å². The van der Waals surface area contributed by atoms with Gasteiger partial charge in [-0.25, -0.2) is 19.6 Å². The summed E-state index contributed by atoms with van der Waals surface area (Å²) in [6.07, 6.45) is 5.32. The van der Waals surface area contributed by atoms with Crippen molar-refractivity contribution in [3.05, 3.63) is 72.6 Å². The lowest BCUT2D eigenvalue weighted by Crippen LogP contribution is -2.52. The van der Waals surface area contributed by atoms with Gasteiger partial charge in [-0.05, 0) is 74.6 Å². The molecule has 3 unspecified atom stereocenters. The minimum atomic E-state index is -0.687. The van der Waals surface area contributed by atoms with Crippen molar-refractivity contribution in [1.29, 1.82) is 0 Å². The number of likely N-dealkylation sites (tertiary alicyclic amines) is 2. The number of carbonyl (C=O) groups is 4. The summed E-state index contributed by atoms with van der Waals surface area (Å²) in [6.45, 7) is 10.7. The summed E-state index contributed by atoms with van der Waals surface area (Å²) in [5.41, 5.74) is 5.11. The summed E-state index contributed by atoms with van der Waals surface area (Å²) in [4.78, 5) is 70.3. The van der Waals surface area contributed by atoms with E-state index in [1.807, 2.05) is 38.1 Å². The van der Waals surface area contributed by atoms with E-state index in [2.05, 4.69) is 54.8 Å². The number of rotatable bonds is 10. The highest BCUT2D eigenvalue weighted by atomic mass is 16.6. The van der Waals surface area contributed by atoms with Crippen LogP contribution in [0.25, 0.3) is 33.6 Å². The fourth-order valence-corrected chi connectivity index (χ4v) is 6.98. The summed E-state index contributed by atoms with van der Waals surface area (Å²) in [5.74, 6) is 0.998. The highest BCUT2D eigenvalue weighted by Gasteiger charge is 2.37. The number of aromatic nitrogens is 4. The first-order chi connectivity index (χ1) is 25.8. The largest absolute Gasteiger partial charge is 0.453 e. The summed E-state index contributed by atoms with van der Waals surface area (Å²) in [5, 5.41) is 5.41. The zero-order valence-electron chi connectivity index (χ0n) is 31.8. The minimum Gasteiger partial charge on any atom is -0.453 e. The monoisotopic (exact) mass is 738 g/mol. The molecule has 2 aromatic heterocycles. The number of benzene rings is 2. The normalized spacial score (nSPS) is 18.1. The first-order valence-corrected chi connectivity index (χ1v) is 18.5. The van der Waals surface area contributed by atoms with Gasteiger partial charge in [0.15, 0.2) is 0 Å². The van der Waals surface area contributed by atoms with Gasteiger partial charge in [-0.3, -0.25) is 9.59 Å². The maximum atomic E-state index is 13.5. The number of alkyl carbamates (subject to hydrolysis) is 2. The van der Waals surface area contributed by atoms with Crippen molar-refractivity contribution >= 4 is 24.0 Å². The molecule has 2 aliphatic heterocycles. The molecule has 54 heavy (non-hydrogen) atoms. The summed E-state index contributed by atoms with van der Waals surface area (Å²) >= 11 is 0. The Labute approximate surface area is 315 Å². The predicted molar refractivity (Wildman–Crippen MR) is 203 cm³/mol. The Kier molecular flexibility index (Phi) is 11.4. The molecular weight excluding hydrogens is 688 g/mol. The van der Waals surface area contributed by atoms with Gasteiger partial charge in [0.1, 0.15) is 29.3 Å². The van der Waals surface area contributed by atoms with Crippen LogP contribution >= 0.6 is 0 Å². The molecule has 4 heterocycles. The third-order valence-corrected chi connectivity index (χ3v) is 9.75. The van der Waals surface area contributed by atoms with Crippen LogP contribution < -0.4 is 10.6 Å². The smallest absolute Gasteiger partial charge is 0.408 e. The maximum Gasteiger partial charge on any atom is 0.408 e. The van der Waals surface area contributed by atoms with Crippen LogP contribution in [0.3, 0.4) is 0 Å². The highest BCUT2D eigenvalue weighted by Crippen LogP contribution is 2.33. The van der Waals surface area contributed by atoms with Gasteiger partial charge in [0, 0.05) is 13.1 Å².